The topological polar surface area (TPSA) is 42.4 Å². The zero-order valence-electron chi connectivity index (χ0n) is 14.0. The Morgan fingerprint density at radius 2 is 1.88 bits per heavy atom. The summed E-state index contributed by atoms with van der Waals surface area (Å²) in [6, 6.07) is 15.9. The molecule has 0 unspecified atom stereocenters. The number of hydrogen-bond donors (Lipinski definition) is 0. The molecule has 0 radical (unpaired) electrons. The molecular formula is C20H20N2O2S. The van der Waals surface area contributed by atoms with Gasteiger partial charge in [-0.1, -0.05) is 18.6 Å². The summed E-state index contributed by atoms with van der Waals surface area (Å²) in [5.74, 6) is 1.02. The van der Waals surface area contributed by atoms with Crippen LogP contribution in [0.2, 0.25) is 0 Å². The predicted octanol–water partition coefficient (Wildman–Crippen LogP) is 4.78. The van der Waals surface area contributed by atoms with Gasteiger partial charge in [0, 0.05) is 18.7 Å². The molecule has 2 aromatic carbocycles. The summed E-state index contributed by atoms with van der Waals surface area (Å²) < 4.78 is 7.04. The molecular weight excluding hydrogens is 332 g/mol. The fourth-order valence-electron chi connectivity index (χ4n) is 3.10. The monoisotopic (exact) mass is 352 g/mol. The fraction of sp³-hybridized carbons (Fsp3) is 0.300. The minimum atomic E-state index is 0.223. The first kappa shape index (κ1) is 16.1. The molecule has 1 saturated heterocycles. The van der Waals surface area contributed by atoms with Gasteiger partial charge in [-0.25, -0.2) is 4.98 Å². The van der Waals surface area contributed by atoms with Gasteiger partial charge in [-0.2, -0.15) is 0 Å². The second-order valence-electron chi connectivity index (χ2n) is 6.21. The van der Waals surface area contributed by atoms with Crippen molar-refractivity contribution in [2.24, 2.45) is 0 Å². The summed E-state index contributed by atoms with van der Waals surface area (Å²) >= 11 is 1.66. The van der Waals surface area contributed by atoms with Gasteiger partial charge in [-0.15, -0.1) is 11.3 Å². The quantitative estimate of drug-likeness (QED) is 0.678. The Bertz CT molecular complexity index is 840. The third kappa shape index (κ3) is 3.66. The standard InChI is InChI=1S/C20H20N2O2S/c23-20-8-2-1-5-13-22(20)15-9-11-16(12-10-15)24-14-19-21-17-6-3-4-7-18(17)25-19/h3-4,6-7,9-12H,1-2,5,8,13-14H2. The van der Waals surface area contributed by atoms with E-state index in [-0.39, 0.29) is 5.91 Å². The van der Waals surface area contributed by atoms with E-state index in [0.717, 1.165) is 47.8 Å². The van der Waals surface area contributed by atoms with Crippen molar-refractivity contribution in [3.63, 3.8) is 0 Å². The fourth-order valence-corrected chi connectivity index (χ4v) is 3.99. The van der Waals surface area contributed by atoms with E-state index in [4.69, 9.17) is 4.74 Å². The second-order valence-corrected chi connectivity index (χ2v) is 7.33. The van der Waals surface area contributed by atoms with Gasteiger partial charge in [-0.05, 0) is 49.2 Å². The number of aromatic nitrogens is 1. The Labute approximate surface area is 151 Å². The first-order valence-electron chi connectivity index (χ1n) is 8.67. The molecule has 0 bridgehead atoms. The Balaban J connectivity index is 1.42. The molecule has 3 aromatic rings. The van der Waals surface area contributed by atoms with E-state index in [1.807, 2.05) is 47.4 Å². The summed E-state index contributed by atoms with van der Waals surface area (Å²) in [4.78, 5) is 18.7. The summed E-state index contributed by atoms with van der Waals surface area (Å²) in [6.45, 7) is 1.27. The number of nitrogens with zero attached hydrogens (tertiary/aromatic N) is 2. The maximum atomic E-state index is 12.2. The largest absolute Gasteiger partial charge is 0.486 e. The van der Waals surface area contributed by atoms with Gasteiger partial charge >= 0.3 is 0 Å². The third-order valence-corrected chi connectivity index (χ3v) is 5.43. The lowest BCUT2D eigenvalue weighted by molar-refractivity contribution is -0.118. The highest BCUT2D eigenvalue weighted by Gasteiger charge is 2.18. The maximum Gasteiger partial charge on any atom is 0.226 e. The SMILES string of the molecule is O=C1CCCCCN1c1ccc(OCc2nc3ccccc3s2)cc1. The highest BCUT2D eigenvalue weighted by Crippen LogP contribution is 2.25. The van der Waals surface area contributed by atoms with Crippen LogP contribution in [0.4, 0.5) is 5.69 Å². The zero-order valence-corrected chi connectivity index (χ0v) is 14.8. The number of carbonyl (C=O) groups is 1. The minimum Gasteiger partial charge on any atom is -0.486 e. The molecule has 1 amide bonds. The summed E-state index contributed by atoms with van der Waals surface area (Å²) in [6.07, 6.45) is 3.85. The number of benzene rings is 2. The number of hydrogen-bond acceptors (Lipinski definition) is 4. The molecule has 2 heterocycles. The first-order valence-corrected chi connectivity index (χ1v) is 9.49. The predicted molar refractivity (Wildman–Crippen MR) is 101 cm³/mol. The van der Waals surface area contributed by atoms with Crippen molar-refractivity contribution in [1.29, 1.82) is 0 Å². The Morgan fingerprint density at radius 3 is 2.72 bits per heavy atom. The highest BCUT2D eigenvalue weighted by molar-refractivity contribution is 7.18. The van der Waals surface area contributed by atoms with Gasteiger partial charge in [0.25, 0.3) is 0 Å². The van der Waals surface area contributed by atoms with Crippen LogP contribution in [-0.4, -0.2) is 17.4 Å². The number of rotatable bonds is 4. The van der Waals surface area contributed by atoms with Crippen LogP contribution in [-0.2, 0) is 11.4 Å². The van der Waals surface area contributed by atoms with Crippen LogP contribution in [0.15, 0.2) is 48.5 Å². The molecule has 0 saturated carbocycles. The molecule has 5 heteroatoms. The van der Waals surface area contributed by atoms with E-state index in [1.165, 1.54) is 4.70 Å². The summed E-state index contributed by atoms with van der Waals surface area (Å²) in [5.41, 5.74) is 1.97. The number of carbonyl (C=O) groups excluding carboxylic acids is 1. The van der Waals surface area contributed by atoms with Gasteiger partial charge in [0.15, 0.2) is 0 Å². The molecule has 128 valence electrons. The van der Waals surface area contributed by atoms with Crippen molar-refractivity contribution < 1.29 is 9.53 Å². The Hall–Kier alpha value is -2.40. The second kappa shape index (κ2) is 7.23. The van der Waals surface area contributed by atoms with Gasteiger partial charge < -0.3 is 9.64 Å². The number of fused-ring (bicyclic) bond motifs is 1. The maximum absolute atomic E-state index is 12.2. The van der Waals surface area contributed by atoms with Crippen molar-refractivity contribution in [2.45, 2.75) is 32.3 Å². The normalized spacial score (nSPS) is 15.4. The van der Waals surface area contributed by atoms with Crippen LogP contribution in [0, 0.1) is 0 Å². The summed E-state index contributed by atoms with van der Waals surface area (Å²) in [5, 5.41) is 0.966. The molecule has 4 nitrogen and oxygen atoms in total. The molecule has 0 spiro atoms. The Morgan fingerprint density at radius 1 is 1.04 bits per heavy atom. The van der Waals surface area contributed by atoms with Crippen molar-refractivity contribution in [1.82, 2.24) is 4.98 Å². The molecule has 0 N–H and O–H groups in total. The lowest BCUT2D eigenvalue weighted by atomic mass is 10.2. The lowest BCUT2D eigenvalue weighted by Gasteiger charge is -2.20. The average molecular weight is 352 g/mol. The number of amides is 1. The van der Waals surface area contributed by atoms with E-state index in [9.17, 15) is 4.79 Å². The van der Waals surface area contributed by atoms with E-state index in [2.05, 4.69) is 11.1 Å². The molecule has 4 rings (SSSR count). The number of ether oxygens (including phenoxy) is 1. The number of anilines is 1. The molecule has 1 aliphatic heterocycles. The average Bonchev–Trinajstić information content (AvgIpc) is 2.94. The molecule has 0 aliphatic carbocycles. The van der Waals surface area contributed by atoms with E-state index in [0.29, 0.717) is 13.0 Å². The van der Waals surface area contributed by atoms with Crippen molar-refractivity contribution in [2.75, 3.05) is 11.4 Å². The zero-order chi connectivity index (χ0) is 17.1. The van der Waals surface area contributed by atoms with Crippen LogP contribution >= 0.6 is 11.3 Å². The smallest absolute Gasteiger partial charge is 0.226 e. The third-order valence-electron chi connectivity index (χ3n) is 4.42. The lowest BCUT2D eigenvalue weighted by Crippen LogP contribution is -2.29. The van der Waals surface area contributed by atoms with E-state index < -0.39 is 0 Å². The molecule has 25 heavy (non-hydrogen) atoms. The molecule has 0 atom stereocenters. The minimum absolute atomic E-state index is 0.223. The number of thiazole rings is 1. The molecule has 1 fully saturated rings. The Kier molecular flexibility index (Phi) is 4.65. The van der Waals surface area contributed by atoms with Gasteiger partial charge in [-0.3, -0.25) is 4.79 Å². The van der Waals surface area contributed by atoms with Gasteiger partial charge in [0.2, 0.25) is 5.91 Å². The van der Waals surface area contributed by atoms with Crippen molar-refractivity contribution in [3.8, 4) is 5.75 Å². The van der Waals surface area contributed by atoms with Crippen LogP contribution in [0.3, 0.4) is 0 Å². The van der Waals surface area contributed by atoms with Crippen LogP contribution in [0.5, 0.6) is 5.75 Å². The van der Waals surface area contributed by atoms with Crippen LogP contribution in [0.1, 0.15) is 30.7 Å². The molecule has 1 aromatic heterocycles. The highest BCUT2D eigenvalue weighted by atomic mass is 32.1. The summed E-state index contributed by atoms with van der Waals surface area (Å²) in [7, 11) is 0. The van der Waals surface area contributed by atoms with E-state index in [1.54, 1.807) is 11.3 Å². The van der Waals surface area contributed by atoms with Crippen molar-refractivity contribution >= 4 is 33.1 Å². The van der Waals surface area contributed by atoms with Crippen LogP contribution < -0.4 is 9.64 Å². The van der Waals surface area contributed by atoms with E-state index >= 15 is 0 Å². The van der Waals surface area contributed by atoms with Gasteiger partial charge in [0.05, 0.1) is 10.2 Å². The molecule has 1 aliphatic rings. The van der Waals surface area contributed by atoms with Crippen molar-refractivity contribution in [3.05, 3.63) is 53.5 Å². The number of para-hydroxylation sites is 1. The van der Waals surface area contributed by atoms with Crippen LogP contribution in [0.25, 0.3) is 10.2 Å². The van der Waals surface area contributed by atoms with Gasteiger partial charge in [0.1, 0.15) is 17.4 Å². The first-order chi connectivity index (χ1) is 12.3.